The highest BCUT2D eigenvalue weighted by Crippen LogP contribution is 2.26. The topological polar surface area (TPSA) is 59.8 Å². The Morgan fingerprint density at radius 2 is 1.80 bits per heavy atom. The largest absolute Gasteiger partial charge is 0.319 e. The molecule has 1 aromatic heterocycles. The lowest BCUT2D eigenvalue weighted by molar-refractivity contribution is 0.102. The molecular weight excluding hydrogens is 359 g/mol. The summed E-state index contributed by atoms with van der Waals surface area (Å²) in [7, 11) is 0. The first-order valence-electron chi connectivity index (χ1n) is 7.63. The van der Waals surface area contributed by atoms with Gasteiger partial charge in [-0.2, -0.15) is 9.90 Å². The van der Waals surface area contributed by atoms with Crippen LogP contribution in [0.25, 0.3) is 5.69 Å². The van der Waals surface area contributed by atoms with Crippen LogP contribution in [0.2, 0.25) is 10.0 Å². The Balaban J connectivity index is 1.92. The molecule has 128 valence electrons. The van der Waals surface area contributed by atoms with Crippen molar-refractivity contribution in [2.45, 2.75) is 20.8 Å². The number of carbonyl (C=O) groups excluding carboxylic acids is 1. The summed E-state index contributed by atoms with van der Waals surface area (Å²) in [6, 6.07) is 10.8. The highest BCUT2D eigenvalue weighted by atomic mass is 35.5. The Kier molecular flexibility index (Phi) is 4.79. The number of hydrogen-bond donors (Lipinski definition) is 1. The maximum absolute atomic E-state index is 12.6. The van der Waals surface area contributed by atoms with E-state index in [1.54, 1.807) is 25.1 Å². The van der Waals surface area contributed by atoms with Gasteiger partial charge in [0, 0.05) is 5.02 Å². The number of rotatable bonds is 3. The predicted molar refractivity (Wildman–Crippen MR) is 100.0 cm³/mol. The van der Waals surface area contributed by atoms with Crippen LogP contribution in [-0.2, 0) is 0 Å². The highest BCUT2D eigenvalue weighted by molar-refractivity contribution is 6.35. The van der Waals surface area contributed by atoms with E-state index in [4.69, 9.17) is 23.2 Å². The molecule has 0 saturated carbocycles. The highest BCUT2D eigenvalue weighted by Gasteiger charge is 2.18. The molecule has 0 fully saturated rings. The van der Waals surface area contributed by atoms with E-state index in [1.165, 1.54) is 4.80 Å². The van der Waals surface area contributed by atoms with Crippen LogP contribution in [0, 0.1) is 20.8 Å². The third-order valence-corrected chi connectivity index (χ3v) is 4.31. The van der Waals surface area contributed by atoms with Crippen molar-refractivity contribution in [2.75, 3.05) is 5.32 Å². The molecular formula is C18H16Cl2N4O. The third-order valence-electron chi connectivity index (χ3n) is 3.74. The molecule has 0 atom stereocenters. The normalized spacial score (nSPS) is 10.8. The maximum atomic E-state index is 12.6. The van der Waals surface area contributed by atoms with E-state index in [9.17, 15) is 4.79 Å². The van der Waals surface area contributed by atoms with Crippen molar-refractivity contribution < 1.29 is 4.79 Å². The molecule has 5 nitrogen and oxygen atoms in total. The Hall–Kier alpha value is -2.37. The van der Waals surface area contributed by atoms with Crippen LogP contribution < -0.4 is 5.32 Å². The van der Waals surface area contributed by atoms with E-state index in [0.717, 1.165) is 16.8 Å². The minimum absolute atomic E-state index is 0.232. The van der Waals surface area contributed by atoms with Gasteiger partial charge in [0.05, 0.1) is 22.1 Å². The van der Waals surface area contributed by atoms with Gasteiger partial charge < -0.3 is 5.32 Å². The molecule has 25 heavy (non-hydrogen) atoms. The van der Waals surface area contributed by atoms with Crippen LogP contribution in [0.4, 0.5) is 5.69 Å². The monoisotopic (exact) mass is 374 g/mol. The van der Waals surface area contributed by atoms with E-state index in [0.29, 0.717) is 21.4 Å². The first-order chi connectivity index (χ1) is 11.8. The Bertz CT molecular complexity index is 966. The quantitative estimate of drug-likeness (QED) is 0.719. The summed E-state index contributed by atoms with van der Waals surface area (Å²) in [6.07, 6.45) is 0. The van der Waals surface area contributed by atoms with E-state index >= 15 is 0 Å². The maximum Gasteiger partial charge on any atom is 0.278 e. The number of halogens is 2. The summed E-state index contributed by atoms with van der Waals surface area (Å²) in [4.78, 5) is 14.0. The summed E-state index contributed by atoms with van der Waals surface area (Å²) < 4.78 is 0. The van der Waals surface area contributed by atoms with Crippen molar-refractivity contribution in [1.82, 2.24) is 15.0 Å². The van der Waals surface area contributed by atoms with Gasteiger partial charge in [-0.15, -0.1) is 5.10 Å². The van der Waals surface area contributed by atoms with Crippen molar-refractivity contribution >= 4 is 34.8 Å². The van der Waals surface area contributed by atoms with Crippen LogP contribution >= 0.6 is 23.2 Å². The van der Waals surface area contributed by atoms with Crippen LogP contribution in [0.15, 0.2) is 36.4 Å². The van der Waals surface area contributed by atoms with Crippen LogP contribution in [0.5, 0.6) is 0 Å². The van der Waals surface area contributed by atoms with Crippen molar-refractivity contribution in [3.05, 3.63) is 69.0 Å². The molecule has 0 saturated heterocycles. The first kappa shape index (κ1) is 17.5. The van der Waals surface area contributed by atoms with Gasteiger partial charge in [0.2, 0.25) is 0 Å². The van der Waals surface area contributed by atoms with Crippen LogP contribution in [0.1, 0.15) is 27.3 Å². The number of nitrogens with one attached hydrogen (secondary N) is 1. The molecule has 0 aliphatic rings. The average Bonchev–Trinajstić information content (AvgIpc) is 2.92. The summed E-state index contributed by atoms with van der Waals surface area (Å²) in [6.45, 7) is 5.74. The van der Waals surface area contributed by atoms with Gasteiger partial charge in [0.25, 0.3) is 5.91 Å². The van der Waals surface area contributed by atoms with Crippen molar-refractivity contribution in [3.63, 3.8) is 0 Å². The van der Waals surface area contributed by atoms with Gasteiger partial charge in [0.1, 0.15) is 0 Å². The number of nitrogens with zero attached hydrogens (tertiary/aromatic N) is 3. The lowest BCUT2D eigenvalue weighted by atomic mass is 10.1. The SMILES string of the molecule is Cc1ccc(-n2nc(C)c(C(=O)Nc3cc(Cl)ccc3Cl)n2)c(C)c1. The summed E-state index contributed by atoms with van der Waals surface area (Å²) in [5, 5.41) is 12.3. The number of benzene rings is 2. The second-order valence-electron chi connectivity index (χ2n) is 5.79. The minimum atomic E-state index is -0.391. The van der Waals surface area contributed by atoms with Crippen LogP contribution in [-0.4, -0.2) is 20.9 Å². The van der Waals surface area contributed by atoms with E-state index in [2.05, 4.69) is 15.5 Å². The number of aryl methyl sites for hydroxylation is 3. The molecule has 3 rings (SSSR count). The number of carbonyl (C=O) groups is 1. The molecule has 1 amide bonds. The smallest absolute Gasteiger partial charge is 0.278 e. The van der Waals surface area contributed by atoms with Gasteiger partial charge in [-0.25, -0.2) is 0 Å². The van der Waals surface area contributed by atoms with Crippen molar-refractivity contribution in [3.8, 4) is 5.69 Å². The van der Waals surface area contributed by atoms with Crippen molar-refractivity contribution in [2.24, 2.45) is 0 Å². The predicted octanol–water partition coefficient (Wildman–Crippen LogP) is 4.75. The number of amides is 1. The van der Waals surface area contributed by atoms with E-state index < -0.39 is 5.91 Å². The summed E-state index contributed by atoms with van der Waals surface area (Å²) >= 11 is 12.0. The van der Waals surface area contributed by atoms with Crippen LogP contribution in [0.3, 0.4) is 0 Å². The van der Waals surface area contributed by atoms with E-state index in [-0.39, 0.29) is 5.69 Å². The molecule has 1 N–H and O–H groups in total. The molecule has 0 unspecified atom stereocenters. The molecule has 0 aliphatic carbocycles. The molecule has 0 radical (unpaired) electrons. The fourth-order valence-electron chi connectivity index (χ4n) is 2.50. The fraction of sp³-hybridized carbons (Fsp3) is 0.167. The molecule has 7 heteroatoms. The first-order valence-corrected chi connectivity index (χ1v) is 8.38. The molecule has 1 heterocycles. The molecule has 2 aromatic carbocycles. The zero-order chi connectivity index (χ0) is 18.1. The number of hydrogen-bond acceptors (Lipinski definition) is 3. The van der Waals surface area contributed by atoms with Gasteiger partial charge >= 0.3 is 0 Å². The van der Waals surface area contributed by atoms with E-state index in [1.807, 2.05) is 32.0 Å². The van der Waals surface area contributed by atoms with Gasteiger partial charge in [-0.05, 0) is 50.6 Å². The lowest BCUT2D eigenvalue weighted by Gasteiger charge is -2.06. The van der Waals surface area contributed by atoms with Gasteiger partial charge in [-0.3, -0.25) is 4.79 Å². The Morgan fingerprint density at radius 1 is 1.04 bits per heavy atom. The number of anilines is 1. The fourth-order valence-corrected chi connectivity index (χ4v) is 2.84. The summed E-state index contributed by atoms with van der Waals surface area (Å²) in [5.41, 5.74) is 4.19. The number of aromatic nitrogens is 3. The zero-order valence-corrected chi connectivity index (χ0v) is 15.5. The summed E-state index contributed by atoms with van der Waals surface area (Å²) in [5.74, 6) is -0.391. The minimum Gasteiger partial charge on any atom is -0.319 e. The second kappa shape index (κ2) is 6.86. The second-order valence-corrected chi connectivity index (χ2v) is 6.64. The molecule has 0 aliphatic heterocycles. The average molecular weight is 375 g/mol. The third kappa shape index (κ3) is 3.67. The zero-order valence-electron chi connectivity index (χ0n) is 14.0. The molecule has 0 bridgehead atoms. The van der Waals surface area contributed by atoms with Crippen molar-refractivity contribution in [1.29, 1.82) is 0 Å². The Morgan fingerprint density at radius 3 is 2.52 bits per heavy atom. The van der Waals surface area contributed by atoms with Gasteiger partial charge in [0.15, 0.2) is 5.69 Å². The van der Waals surface area contributed by atoms with Gasteiger partial charge in [-0.1, -0.05) is 40.9 Å². The molecule has 3 aromatic rings. The molecule has 0 spiro atoms. The Labute approximate surface area is 155 Å². The lowest BCUT2D eigenvalue weighted by Crippen LogP contribution is -2.14. The standard InChI is InChI=1S/C18H16Cl2N4O/c1-10-4-7-16(11(2)8-10)24-22-12(3)17(23-24)18(25)21-15-9-13(19)5-6-14(15)20/h4-9H,1-3H3,(H,21,25).